The molecule has 9 heteroatoms. The van der Waals surface area contributed by atoms with Gasteiger partial charge in [0, 0.05) is 16.9 Å². The Labute approximate surface area is 161 Å². The number of aliphatic imine (C=N–C) groups is 1. The lowest BCUT2D eigenvalue weighted by Gasteiger charge is -2.25. The summed E-state index contributed by atoms with van der Waals surface area (Å²) in [5.74, 6) is -0.233. The summed E-state index contributed by atoms with van der Waals surface area (Å²) in [6.07, 6.45) is 0.703. The van der Waals surface area contributed by atoms with Gasteiger partial charge in [-0.15, -0.1) is 0 Å². The lowest BCUT2D eigenvalue weighted by molar-refractivity contribution is -0.121. The van der Waals surface area contributed by atoms with Gasteiger partial charge in [-0.3, -0.25) is 4.79 Å². The van der Waals surface area contributed by atoms with Crippen LogP contribution in [0.1, 0.15) is 20.3 Å². The van der Waals surface area contributed by atoms with Crippen molar-refractivity contribution in [2.75, 3.05) is 16.4 Å². The fourth-order valence-electron chi connectivity index (χ4n) is 2.88. The van der Waals surface area contributed by atoms with Crippen LogP contribution in [-0.4, -0.2) is 42.3 Å². The molecule has 2 aliphatic rings. The van der Waals surface area contributed by atoms with Crippen molar-refractivity contribution < 1.29 is 13.2 Å². The van der Waals surface area contributed by atoms with Crippen molar-refractivity contribution >= 4 is 61.6 Å². The van der Waals surface area contributed by atoms with Crippen LogP contribution in [0.2, 0.25) is 10.0 Å². The Balaban J connectivity index is 2.02. The summed E-state index contributed by atoms with van der Waals surface area (Å²) in [5.41, 5.74) is 0.696. The number of halogens is 2. The van der Waals surface area contributed by atoms with E-state index in [-0.39, 0.29) is 34.6 Å². The van der Waals surface area contributed by atoms with Crippen LogP contribution in [0, 0.1) is 5.92 Å². The molecule has 0 radical (unpaired) electrons. The van der Waals surface area contributed by atoms with Gasteiger partial charge in [0.1, 0.15) is 0 Å². The van der Waals surface area contributed by atoms with Crippen molar-refractivity contribution in [2.45, 2.75) is 31.6 Å². The summed E-state index contributed by atoms with van der Waals surface area (Å²) < 4.78 is 24.1. The number of sulfone groups is 1. The normalized spacial score (nSPS) is 27.5. The fourth-order valence-corrected chi connectivity index (χ4v) is 7.09. The molecule has 2 fully saturated rings. The van der Waals surface area contributed by atoms with Crippen molar-refractivity contribution in [3.8, 4) is 0 Å². The summed E-state index contributed by atoms with van der Waals surface area (Å²) in [7, 11) is -3.10. The number of amidine groups is 1. The van der Waals surface area contributed by atoms with E-state index in [0.717, 1.165) is 0 Å². The highest BCUT2D eigenvalue weighted by Crippen LogP contribution is 2.42. The first-order valence-electron chi connectivity index (χ1n) is 7.95. The van der Waals surface area contributed by atoms with Crippen LogP contribution < -0.4 is 4.90 Å². The Morgan fingerprint density at radius 1 is 1.36 bits per heavy atom. The predicted molar refractivity (Wildman–Crippen MR) is 105 cm³/mol. The van der Waals surface area contributed by atoms with E-state index in [2.05, 4.69) is 4.99 Å². The SMILES string of the molecule is CC[C@H](C)C(=O)N=C1S[C@@H]2CS(=O)(=O)C[C@H]2N1c1ccc(Cl)c(Cl)c1. The standard InChI is InChI=1S/C16H18Cl2N2O3S2/c1-3-9(2)15(21)19-16-20(10-4-5-11(17)12(18)6-10)13-7-25(22,23)8-14(13)24-16/h4-6,9,13-14H,3,7-8H2,1-2H3/t9-,13+,14+/m0/s1. The Hall–Kier alpha value is -0.760. The third kappa shape index (κ3) is 3.84. The number of nitrogens with zero attached hydrogens (tertiary/aromatic N) is 2. The van der Waals surface area contributed by atoms with E-state index in [0.29, 0.717) is 27.3 Å². The van der Waals surface area contributed by atoms with Crippen LogP contribution in [0.15, 0.2) is 23.2 Å². The van der Waals surface area contributed by atoms with Crippen LogP contribution in [0.5, 0.6) is 0 Å². The minimum Gasteiger partial charge on any atom is -0.316 e. The van der Waals surface area contributed by atoms with Gasteiger partial charge in [0.25, 0.3) is 5.91 Å². The van der Waals surface area contributed by atoms with Crippen LogP contribution in [-0.2, 0) is 14.6 Å². The maximum Gasteiger partial charge on any atom is 0.250 e. The van der Waals surface area contributed by atoms with Crippen LogP contribution in [0.4, 0.5) is 5.69 Å². The van der Waals surface area contributed by atoms with Gasteiger partial charge in [0.2, 0.25) is 0 Å². The van der Waals surface area contributed by atoms with E-state index in [9.17, 15) is 13.2 Å². The second-order valence-electron chi connectivity index (χ2n) is 6.31. The molecule has 1 aromatic rings. The van der Waals surface area contributed by atoms with E-state index in [1.807, 2.05) is 18.7 Å². The van der Waals surface area contributed by atoms with Gasteiger partial charge in [0.15, 0.2) is 15.0 Å². The Kier molecular flexibility index (Phi) is 5.40. The quantitative estimate of drug-likeness (QED) is 0.746. The molecule has 2 saturated heterocycles. The number of hydrogen-bond donors (Lipinski definition) is 0. The first-order valence-corrected chi connectivity index (χ1v) is 11.4. The molecule has 0 saturated carbocycles. The number of amides is 1. The molecule has 1 aromatic carbocycles. The monoisotopic (exact) mass is 420 g/mol. The minimum absolute atomic E-state index is 0.0431. The van der Waals surface area contributed by atoms with E-state index in [4.69, 9.17) is 23.2 Å². The van der Waals surface area contributed by atoms with E-state index >= 15 is 0 Å². The Morgan fingerprint density at radius 2 is 2.08 bits per heavy atom. The molecule has 0 spiro atoms. The van der Waals surface area contributed by atoms with Crippen molar-refractivity contribution in [3.05, 3.63) is 28.2 Å². The van der Waals surface area contributed by atoms with Crippen molar-refractivity contribution in [2.24, 2.45) is 10.9 Å². The highest BCUT2D eigenvalue weighted by atomic mass is 35.5. The molecule has 2 aliphatic heterocycles. The van der Waals surface area contributed by atoms with Crippen molar-refractivity contribution in [1.82, 2.24) is 0 Å². The lowest BCUT2D eigenvalue weighted by atomic mass is 10.1. The summed E-state index contributed by atoms with van der Waals surface area (Å²) in [4.78, 5) is 18.4. The Bertz CT molecular complexity index is 842. The summed E-state index contributed by atoms with van der Waals surface area (Å²) in [6.45, 7) is 3.77. The van der Waals surface area contributed by atoms with Crippen molar-refractivity contribution in [1.29, 1.82) is 0 Å². The van der Waals surface area contributed by atoms with Gasteiger partial charge in [-0.25, -0.2) is 8.42 Å². The van der Waals surface area contributed by atoms with Crippen LogP contribution in [0.3, 0.4) is 0 Å². The third-order valence-electron chi connectivity index (χ3n) is 4.49. The maximum atomic E-state index is 12.3. The molecule has 3 atom stereocenters. The lowest BCUT2D eigenvalue weighted by Crippen LogP contribution is -2.37. The molecule has 0 aromatic heterocycles. The third-order valence-corrected chi connectivity index (χ3v) is 8.44. The van der Waals surface area contributed by atoms with E-state index < -0.39 is 9.84 Å². The number of anilines is 1. The average molecular weight is 421 g/mol. The summed E-state index contributed by atoms with van der Waals surface area (Å²) in [6, 6.07) is 4.86. The molecular formula is C16H18Cl2N2O3S2. The number of thioether (sulfide) groups is 1. The highest BCUT2D eigenvalue weighted by Gasteiger charge is 2.49. The number of hydrogen-bond acceptors (Lipinski definition) is 4. The molecule has 25 heavy (non-hydrogen) atoms. The second kappa shape index (κ2) is 7.10. The number of carbonyl (C=O) groups is 1. The number of benzene rings is 1. The summed E-state index contributed by atoms with van der Waals surface area (Å²) >= 11 is 13.5. The average Bonchev–Trinajstić information content (AvgIpc) is 3.00. The highest BCUT2D eigenvalue weighted by molar-refractivity contribution is 8.16. The van der Waals surface area contributed by atoms with Crippen LogP contribution in [0.25, 0.3) is 0 Å². The molecule has 136 valence electrons. The van der Waals surface area contributed by atoms with Gasteiger partial charge < -0.3 is 4.90 Å². The molecule has 0 bridgehead atoms. The van der Waals surface area contributed by atoms with Gasteiger partial charge in [-0.05, 0) is 24.6 Å². The summed E-state index contributed by atoms with van der Waals surface area (Å²) in [5, 5.41) is 1.19. The fraction of sp³-hybridized carbons (Fsp3) is 0.500. The van der Waals surface area contributed by atoms with Gasteiger partial charge in [-0.2, -0.15) is 4.99 Å². The molecule has 3 rings (SSSR count). The molecule has 0 aliphatic carbocycles. The molecular weight excluding hydrogens is 403 g/mol. The zero-order valence-corrected chi connectivity index (χ0v) is 16.9. The largest absolute Gasteiger partial charge is 0.316 e. The molecule has 2 heterocycles. The van der Waals surface area contributed by atoms with Crippen LogP contribution >= 0.6 is 35.0 Å². The molecule has 5 nitrogen and oxygen atoms in total. The number of carbonyl (C=O) groups excluding carboxylic acids is 1. The molecule has 0 unspecified atom stereocenters. The van der Waals surface area contributed by atoms with E-state index in [1.165, 1.54) is 11.8 Å². The van der Waals surface area contributed by atoms with Gasteiger partial charge >= 0.3 is 0 Å². The topological polar surface area (TPSA) is 66.8 Å². The number of rotatable bonds is 3. The van der Waals surface area contributed by atoms with Gasteiger partial charge in [-0.1, -0.05) is 48.8 Å². The van der Waals surface area contributed by atoms with Crippen molar-refractivity contribution in [3.63, 3.8) is 0 Å². The second-order valence-corrected chi connectivity index (χ2v) is 10.5. The first kappa shape index (κ1) is 19.0. The zero-order chi connectivity index (χ0) is 18.4. The molecule has 0 N–H and O–H groups in total. The minimum atomic E-state index is -3.10. The number of fused-ring (bicyclic) bond motifs is 1. The maximum absolute atomic E-state index is 12.3. The zero-order valence-electron chi connectivity index (χ0n) is 13.8. The van der Waals surface area contributed by atoms with E-state index in [1.54, 1.807) is 18.2 Å². The Morgan fingerprint density at radius 3 is 2.72 bits per heavy atom. The van der Waals surface area contributed by atoms with Gasteiger partial charge in [0.05, 0.1) is 27.6 Å². The molecule has 1 amide bonds. The smallest absolute Gasteiger partial charge is 0.250 e. The predicted octanol–water partition coefficient (Wildman–Crippen LogP) is 3.64. The first-order chi connectivity index (χ1) is 11.7.